The summed E-state index contributed by atoms with van der Waals surface area (Å²) < 4.78 is 6.18. The number of carboxylic acids is 1. The maximum absolute atomic E-state index is 13.5. The van der Waals surface area contributed by atoms with E-state index in [0.717, 1.165) is 106 Å². The first-order chi connectivity index (χ1) is 24.8. The van der Waals surface area contributed by atoms with Crippen molar-refractivity contribution in [1.82, 2.24) is 0 Å². The maximum atomic E-state index is 13.5. The van der Waals surface area contributed by atoms with E-state index < -0.39 is 11.4 Å². The number of carboxylic acid groups (broad SMARTS) is 1. The monoisotopic (exact) mass is 691 g/mol. The summed E-state index contributed by atoms with van der Waals surface area (Å²) in [4.78, 5) is 20.6. The molecule has 0 amide bonds. The number of anilines is 3. The second kappa shape index (κ2) is 19.2. The van der Waals surface area contributed by atoms with Crippen molar-refractivity contribution in [1.29, 1.82) is 0 Å². The number of benzene rings is 4. The number of aromatic carboxylic acids is 1. The maximum Gasteiger partial charge on any atom is 0.336 e. The summed E-state index contributed by atoms with van der Waals surface area (Å²) in [5.74, 6) is -0.244. The van der Waals surface area contributed by atoms with Crippen LogP contribution in [-0.4, -0.2) is 58.5 Å². The quantitative estimate of drug-likeness (QED) is 0.0878. The average molecular weight is 692 g/mol. The molecule has 0 spiro atoms. The highest BCUT2D eigenvalue weighted by atomic mass is 16.5. The van der Waals surface area contributed by atoms with Gasteiger partial charge < -0.3 is 24.5 Å². The van der Waals surface area contributed by atoms with Crippen molar-refractivity contribution < 1.29 is 14.6 Å². The van der Waals surface area contributed by atoms with Crippen molar-refractivity contribution in [3.63, 3.8) is 0 Å². The van der Waals surface area contributed by atoms with E-state index in [4.69, 9.17) is 4.74 Å². The number of hydrogen-bond donors (Lipinski definition) is 1. The minimum atomic E-state index is -1.03. The Morgan fingerprint density at radius 3 is 1.71 bits per heavy atom. The van der Waals surface area contributed by atoms with Crippen molar-refractivity contribution in [2.75, 3.05) is 62.1 Å². The van der Waals surface area contributed by atoms with Crippen LogP contribution < -0.4 is 19.4 Å². The number of nitrogens with zero attached hydrogens (tertiary/aromatic N) is 3. The molecule has 0 saturated carbocycles. The van der Waals surface area contributed by atoms with Crippen molar-refractivity contribution in [3.8, 4) is 5.75 Å². The van der Waals surface area contributed by atoms with Gasteiger partial charge in [-0.05, 0) is 72.7 Å². The lowest BCUT2D eigenvalue weighted by atomic mass is 9.63. The van der Waals surface area contributed by atoms with Crippen molar-refractivity contribution in [3.05, 3.63) is 119 Å². The van der Waals surface area contributed by atoms with Gasteiger partial charge in [-0.2, -0.15) is 0 Å². The number of ether oxygens (including phenoxy) is 1. The summed E-state index contributed by atoms with van der Waals surface area (Å²) in [7, 11) is 5.61. The lowest BCUT2D eigenvalue weighted by Crippen LogP contribution is -2.37. The summed E-state index contributed by atoms with van der Waals surface area (Å²) in [5, 5.41) is 11.0. The first kappa shape index (κ1) is 39.3. The lowest BCUT2D eigenvalue weighted by molar-refractivity contribution is 0.0695. The van der Waals surface area contributed by atoms with E-state index in [2.05, 4.69) is 86.0 Å². The minimum absolute atomic E-state index is 0.271. The number of carbonyl (C=O) groups is 1. The molecule has 51 heavy (non-hydrogen) atoms. The fraction of sp³-hybridized carbons (Fsp3) is 0.444. The Morgan fingerprint density at radius 2 is 1.16 bits per heavy atom. The first-order valence-electron chi connectivity index (χ1n) is 19.2. The van der Waals surface area contributed by atoms with Crippen molar-refractivity contribution in [2.45, 2.75) is 84.5 Å². The van der Waals surface area contributed by atoms with Crippen molar-refractivity contribution >= 4 is 23.0 Å². The number of unbranched alkanes of at least 4 members (excludes halogenated alkanes) is 4. The molecule has 6 nitrogen and oxygen atoms in total. The van der Waals surface area contributed by atoms with Crippen LogP contribution in [0.15, 0.2) is 91.0 Å². The van der Waals surface area contributed by atoms with Gasteiger partial charge in [0, 0.05) is 62.9 Å². The number of methoxy groups -OCH3 is 1. The van der Waals surface area contributed by atoms with Crippen molar-refractivity contribution in [2.24, 2.45) is 0 Å². The Bertz CT molecular complexity index is 1650. The summed E-state index contributed by atoms with van der Waals surface area (Å²) in [6.45, 7) is 12.9. The molecule has 274 valence electrons. The molecule has 4 aromatic carbocycles. The molecule has 1 atom stereocenters. The highest BCUT2D eigenvalue weighted by Crippen LogP contribution is 2.53. The van der Waals surface area contributed by atoms with Crippen LogP contribution in [0.2, 0.25) is 0 Å². The summed E-state index contributed by atoms with van der Waals surface area (Å²) in [5.41, 5.74) is 6.11. The predicted octanol–water partition coefficient (Wildman–Crippen LogP) is 10.7. The van der Waals surface area contributed by atoms with Crippen LogP contribution in [0.4, 0.5) is 17.1 Å². The minimum Gasteiger partial charge on any atom is -0.496 e. The Morgan fingerprint density at radius 1 is 0.627 bits per heavy atom. The van der Waals surface area contributed by atoms with E-state index in [0.29, 0.717) is 11.3 Å². The number of para-hydroxylation sites is 1. The Kier molecular flexibility index (Phi) is 14.8. The molecule has 0 bridgehead atoms. The van der Waals surface area contributed by atoms with Gasteiger partial charge in [-0.25, -0.2) is 4.79 Å². The molecule has 0 aliphatic heterocycles. The van der Waals surface area contributed by atoms with Gasteiger partial charge in [0.2, 0.25) is 0 Å². The molecule has 4 aromatic rings. The fourth-order valence-electron chi connectivity index (χ4n) is 7.27. The van der Waals surface area contributed by atoms with E-state index >= 15 is 0 Å². The third-order valence-electron chi connectivity index (χ3n) is 10.1. The van der Waals surface area contributed by atoms with Crippen LogP contribution >= 0.6 is 0 Å². The summed E-state index contributed by atoms with van der Waals surface area (Å²) in [6.07, 6.45) is 8.83. The molecule has 0 heterocycles. The second-order valence-electron chi connectivity index (χ2n) is 13.8. The zero-order valence-electron chi connectivity index (χ0n) is 32.3. The van der Waals surface area contributed by atoms with Gasteiger partial charge in [-0.3, -0.25) is 0 Å². The van der Waals surface area contributed by atoms with Gasteiger partial charge in [-0.15, -0.1) is 0 Å². The van der Waals surface area contributed by atoms with Gasteiger partial charge in [0.05, 0.1) is 18.1 Å². The summed E-state index contributed by atoms with van der Waals surface area (Å²) >= 11 is 0. The molecule has 1 N–H and O–H groups in total. The van der Waals surface area contributed by atoms with E-state index in [9.17, 15) is 9.90 Å². The topological polar surface area (TPSA) is 56.3 Å². The van der Waals surface area contributed by atoms with E-state index in [1.807, 2.05) is 61.5 Å². The average Bonchev–Trinajstić information content (AvgIpc) is 3.16. The summed E-state index contributed by atoms with van der Waals surface area (Å²) in [6, 6.07) is 31.5. The van der Waals surface area contributed by atoms with Gasteiger partial charge in [0.15, 0.2) is 0 Å². The first-order valence-corrected chi connectivity index (χ1v) is 19.2. The highest BCUT2D eigenvalue weighted by molar-refractivity contribution is 5.93. The SMILES string of the molecule is CCCCN(CCCC)c1ccc(C(c2ccccc2)(c2ccccc2OC)c2ccc(N(C)C)cc2C(=O)O)c(N(CCCC)CCCC)c1. The van der Waals surface area contributed by atoms with Crippen LogP contribution in [0.3, 0.4) is 0 Å². The molecule has 1 unspecified atom stereocenters. The van der Waals surface area contributed by atoms with Crippen LogP contribution in [0, 0.1) is 0 Å². The fourth-order valence-corrected chi connectivity index (χ4v) is 7.27. The molecule has 0 aliphatic rings. The van der Waals surface area contributed by atoms with Crippen LogP contribution in [0.5, 0.6) is 5.75 Å². The number of hydrogen-bond acceptors (Lipinski definition) is 5. The molecule has 0 aromatic heterocycles. The molecule has 0 fully saturated rings. The van der Waals surface area contributed by atoms with E-state index in [1.165, 1.54) is 5.69 Å². The number of rotatable bonds is 21. The van der Waals surface area contributed by atoms with Gasteiger partial charge in [0.25, 0.3) is 0 Å². The third-order valence-corrected chi connectivity index (χ3v) is 10.1. The normalized spacial score (nSPS) is 12.3. The molecule has 6 heteroatoms. The molecule has 0 aliphatic carbocycles. The van der Waals surface area contributed by atoms with Gasteiger partial charge in [0.1, 0.15) is 5.75 Å². The van der Waals surface area contributed by atoms with Gasteiger partial charge >= 0.3 is 5.97 Å². The third kappa shape index (κ3) is 8.90. The van der Waals surface area contributed by atoms with Crippen LogP contribution in [-0.2, 0) is 5.41 Å². The standard InChI is InChI=1S/C45H61N3O3/c1-8-12-29-47(30-13-9-2)37-26-28-40(42(34-37)48(31-14-10-3)32-15-11-4)45(35-21-17-16-18-22-35,41-23-19-20-24-43(41)51-7)39-27-25-36(46(5)6)33-38(39)44(49)50/h16-28,33-34H,8-15,29-32H2,1-7H3,(H,49,50). The molecule has 0 radical (unpaired) electrons. The highest BCUT2D eigenvalue weighted by Gasteiger charge is 2.45. The predicted molar refractivity (Wildman–Crippen MR) is 217 cm³/mol. The molecule has 4 rings (SSSR count). The Balaban J connectivity index is 2.26. The molecular weight excluding hydrogens is 631 g/mol. The second-order valence-corrected chi connectivity index (χ2v) is 13.8. The zero-order chi connectivity index (χ0) is 36.8. The van der Waals surface area contributed by atoms with Crippen LogP contribution in [0.1, 0.15) is 112 Å². The van der Waals surface area contributed by atoms with Gasteiger partial charge in [-0.1, -0.05) is 114 Å². The zero-order valence-corrected chi connectivity index (χ0v) is 32.3. The lowest BCUT2D eigenvalue weighted by Gasteiger charge is -2.42. The smallest absolute Gasteiger partial charge is 0.336 e. The Hall–Kier alpha value is -4.45. The largest absolute Gasteiger partial charge is 0.496 e. The van der Waals surface area contributed by atoms with E-state index in [-0.39, 0.29) is 5.56 Å². The van der Waals surface area contributed by atoms with E-state index in [1.54, 1.807) is 7.11 Å². The molecule has 0 saturated heterocycles. The van der Waals surface area contributed by atoms with Crippen LogP contribution in [0.25, 0.3) is 0 Å². The Labute approximate surface area is 308 Å². The molecular formula is C45H61N3O3.